The van der Waals surface area contributed by atoms with Gasteiger partial charge in [0.1, 0.15) is 16.9 Å². The highest BCUT2D eigenvalue weighted by Crippen LogP contribution is 2.41. The van der Waals surface area contributed by atoms with Crippen molar-refractivity contribution in [1.29, 1.82) is 0 Å². The van der Waals surface area contributed by atoms with Gasteiger partial charge in [-0.1, -0.05) is 19.9 Å². The molecule has 1 aromatic rings. The minimum Gasteiger partial charge on any atom is -0.481 e. The van der Waals surface area contributed by atoms with Crippen LogP contribution in [0.2, 0.25) is 0 Å². The summed E-state index contributed by atoms with van der Waals surface area (Å²) in [7, 11) is 0. The summed E-state index contributed by atoms with van der Waals surface area (Å²) < 4.78 is 5.48. The number of carbonyl (C=O) groups excluding carboxylic acids is 1. The van der Waals surface area contributed by atoms with Crippen molar-refractivity contribution in [2.75, 3.05) is 0 Å². The second-order valence-corrected chi connectivity index (χ2v) is 6.89. The van der Waals surface area contributed by atoms with E-state index in [-0.39, 0.29) is 11.8 Å². The zero-order chi connectivity index (χ0) is 18.2. The molecule has 2 N–H and O–H groups in total. The molecule has 0 fully saturated rings. The van der Waals surface area contributed by atoms with Crippen molar-refractivity contribution in [2.45, 2.75) is 40.0 Å². The number of halogens is 1. The number of furan rings is 1. The molecule has 2 unspecified atom stereocenters. The molecule has 0 aromatic carbocycles. The van der Waals surface area contributed by atoms with E-state index in [1.54, 1.807) is 39.8 Å². The Balaban J connectivity index is 2.37. The number of carboxylic acids is 1. The standard InChI is InChI=1S/C18H22ClNO4/c1-9(2)18(17(22)23)8-13(6-7-14(18)19)20-16(21)15-10(3)11(4)24-12(15)5/h6-9,14H,1-5H3,(H,20,21)(H,22,23). The Bertz CT molecular complexity index is 744. The van der Waals surface area contributed by atoms with Gasteiger partial charge in [0, 0.05) is 11.3 Å². The molecule has 1 aliphatic carbocycles. The highest BCUT2D eigenvalue weighted by atomic mass is 35.5. The van der Waals surface area contributed by atoms with E-state index < -0.39 is 16.8 Å². The van der Waals surface area contributed by atoms with Crippen LogP contribution in [0.3, 0.4) is 0 Å². The Morgan fingerprint density at radius 2 is 1.92 bits per heavy atom. The number of rotatable bonds is 4. The van der Waals surface area contributed by atoms with E-state index in [9.17, 15) is 14.7 Å². The van der Waals surface area contributed by atoms with Gasteiger partial charge in [-0.05, 0) is 38.8 Å². The number of amides is 1. The van der Waals surface area contributed by atoms with Gasteiger partial charge in [0.05, 0.1) is 10.9 Å². The van der Waals surface area contributed by atoms with Gasteiger partial charge in [0.15, 0.2) is 0 Å². The van der Waals surface area contributed by atoms with Crippen molar-refractivity contribution in [3.05, 3.63) is 46.6 Å². The molecule has 130 valence electrons. The van der Waals surface area contributed by atoms with Crippen molar-refractivity contribution < 1.29 is 19.1 Å². The summed E-state index contributed by atoms with van der Waals surface area (Å²) >= 11 is 6.26. The Morgan fingerprint density at radius 1 is 1.29 bits per heavy atom. The monoisotopic (exact) mass is 351 g/mol. The Kier molecular flexibility index (Phi) is 4.95. The van der Waals surface area contributed by atoms with Crippen LogP contribution in [-0.2, 0) is 4.79 Å². The molecule has 0 aliphatic heterocycles. The van der Waals surface area contributed by atoms with Crippen LogP contribution in [0, 0.1) is 32.1 Å². The SMILES string of the molecule is Cc1oc(C)c(C(=O)NC2=CC(C(=O)O)(C(C)C)C(Cl)C=C2)c1C. The van der Waals surface area contributed by atoms with Gasteiger partial charge in [-0.15, -0.1) is 11.6 Å². The Labute approximate surface area is 146 Å². The van der Waals surface area contributed by atoms with Crippen LogP contribution < -0.4 is 5.32 Å². The zero-order valence-electron chi connectivity index (χ0n) is 14.4. The maximum absolute atomic E-state index is 12.6. The molecule has 24 heavy (non-hydrogen) atoms. The third-order valence-electron chi connectivity index (χ3n) is 4.67. The second-order valence-electron chi connectivity index (χ2n) is 6.42. The number of hydrogen-bond donors (Lipinski definition) is 2. The molecule has 0 saturated heterocycles. The third kappa shape index (κ3) is 2.88. The minimum absolute atomic E-state index is 0.242. The van der Waals surface area contributed by atoms with Gasteiger partial charge >= 0.3 is 5.97 Å². The third-order valence-corrected chi connectivity index (χ3v) is 5.17. The Morgan fingerprint density at radius 3 is 2.38 bits per heavy atom. The molecule has 1 aromatic heterocycles. The molecule has 2 atom stereocenters. The lowest BCUT2D eigenvalue weighted by Gasteiger charge is -2.36. The van der Waals surface area contributed by atoms with Crippen molar-refractivity contribution in [3.8, 4) is 0 Å². The number of carbonyl (C=O) groups is 2. The molecule has 2 rings (SSSR count). The van der Waals surface area contributed by atoms with E-state index in [2.05, 4.69) is 5.32 Å². The fourth-order valence-electron chi connectivity index (χ4n) is 3.04. The van der Waals surface area contributed by atoms with Crippen molar-refractivity contribution in [2.24, 2.45) is 11.3 Å². The topological polar surface area (TPSA) is 79.5 Å². The average Bonchev–Trinajstić information content (AvgIpc) is 2.73. The highest BCUT2D eigenvalue weighted by molar-refractivity contribution is 6.24. The number of carboxylic acid groups (broad SMARTS) is 1. The molecule has 0 bridgehead atoms. The number of aliphatic carboxylic acids is 1. The fourth-order valence-corrected chi connectivity index (χ4v) is 3.52. The summed E-state index contributed by atoms with van der Waals surface area (Å²) in [5, 5.41) is 11.8. The molecule has 0 spiro atoms. The van der Waals surface area contributed by atoms with E-state index in [0.717, 1.165) is 5.56 Å². The largest absolute Gasteiger partial charge is 0.481 e. The average molecular weight is 352 g/mol. The smallest absolute Gasteiger partial charge is 0.315 e. The summed E-state index contributed by atoms with van der Waals surface area (Å²) in [6, 6.07) is 0. The van der Waals surface area contributed by atoms with E-state index >= 15 is 0 Å². The molecule has 0 saturated carbocycles. The van der Waals surface area contributed by atoms with E-state index in [1.165, 1.54) is 6.08 Å². The summed E-state index contributed by atoms with van der Waals surface area (Å²) in [5.41, 5.74) is 0.398. The van der Waals surface area contributed by atoms with Crippen LogP contribution in [0.5, 0.6) is 0 Å². The van der Waals surface area contributed by atoms with E-state index in [4.69, 9.17) is 16.0 Å². The first-order chi connectivity index (χ1) is 11.1. The maximum Gasteiger partial charge on any atom is 0.315 e. The summed E-state index contributed by atoms with van der Waals surface area (Å²) in [4.78, 5) is 24.4. The van der Waals surface area contributed by atoms with Crippen molar-refractivity contribution >= 4 is 23.5 Å². The minimum atomic E-state index is -1.27. The van der Waals surface area contributed by atoms with Crippen LogP contribution in [0.1, 0.15) is 41.3 Å². The molecule has 1 amide bonds. The van der Waals surface area contributed by atoms with Gasteiger partial charge in [0.2, 0.25) is 0 Å². The number of nitrogens with one attached hydrogen (secondary N) is 1. The zero-order valence-corrected chi connectivity index (χ0v) is 15.2. The predicted molar refractivity (Wildman–Crippen MR) is 92.2 cm³/mol. The summed E-state index contributed by atoms with van der Waals surface area (Å²) in [6.07, 6.45) is 4.77. The second kappa shape index (κ2) is 6.48. The molecule has 0 radical (unpaired) electrons. The molecular formula is C18H22ClNO4. The van der Waals surface area contributed by atoms with Crippen LogP contribution in [0.4, 0.5) is 0 Å². The highest BCUT2D eigenvalue weighted by Gasteiger charge is 2.47. The number of hydrogen-bond acceptors (Lipinski definition) is 3. The van der Waals surface area contributed by atoms with Gasteiger partial charge in [0.25, 0.3) is 5.91 Å². The quantitative estimate of drug-likeness (QED) is 0.810. The van der Waals surface area contributed by atoms with Gasteiger partial charge in [-0.3, -0.25) is 9.59 Å². The lowest BCUT2D eigenvalue weighted by Crippen LogP contribution is -2.44. The van der Waals surface area contributed by atoms with Gasteiger partial charge < -0.3 is 14.8 Å². The summed E-state index contributed by atoms with van der Waals surface area (Å²) in [5.74, 6) is -0.358. The molecule has 1 heterocycles. The predicted octanol–water partition coefficient (Wildman–Crippen LogP) is 3.72. The first kappa shape index (κ1) is 18.3. The van der Waals surface area contributed by atoms with Crippen molar-refractivity contribution in [3.63, 3.8) is 0 Å². The first-order valence-electron chi connectivity index (χ1n) is 7.77. The van der Waals surface area contributed by atoms with Gasteiger partial charge in [-0.2, -0.15) is 0 Å². The first-order valence-corrected chi connectivity index (χ1v) is 8.21. The molecule has 5 nitrogen and oxygen atoms in total. The van der Waals surface area contributed by atoms with Crippen LogP contribution in [0.15, 0.2) is 28.3 Å². The maximum atomic E-state index is 12.6. The van der Waals surface area contributed by atoms with Gasteiger partial charge in [-0.25, -0.2) is 0 Å². The van der Waals surface area contributed by atoms with E-state index in [0.29, 0.717) is 22.8 Å². The summed E-state index contributed by atoms with van der Waals surface area (Å²) in [6.45, 7) is 8.94. The molecular weight excluding hydrogens is 330 g/mol. The molecule has 6 heteroatoms. The van der Waals surface area contributed by atoms with Crippen molar-refractivity contribution in [1.82, 2.24) is 5.32 Å². The molecule has 1 aliphatic rings. The Hall–Kier alpha value is -2.01. The fraction of sp³-hybridized carbons (Fsp3) is 0.444. The number of aryl methyl sites for hydroxylation is 2. The van der Waals surface area contributed by atoms with Crippen LogP contribution in [0.25, 0.3) is 0 Å². The van der Waals surface area contributed by atoms with Crippen LogP contribution >= 0.6 is 11.6 Å². The van der Waals surface area contributed by atoms with E-state index in [1.807, 2.05) is 6.92 Å². The number of alkyl halides is 1. The normalized spacial score (nSPS) is 23.3. The lowest BCUT2D eigenvalue weighted by atomic mass is 9.71. The van der Waals surface area contributed by atoms with Crippen LogP contribution in [-0.4, -0.2) is 22.4 Å². The number of allylic oxidation sites excluding steroid dienone is 2. The lowest BCUT2D eigenvalue weighted by molar-refractivity contribution is -0.148.